The summed E-state index contributed by atoms with van der Waals surface area (Å²) < 4.78 is 39.2. The first-order valence-electron chi connectivity index (χ1n) is 10.7. The number of likely N-dealkylation sites (tertiary alicyclic amines) is 1. The first kappa shape index (κ1) is 24.4. The maximum absolute atomic E-state index is 14.5. The van der Waals surface area contributed by atoms with E-state index in [0.29, 0.717) is 35.0 Å². The van der Waals surface area contributed by atoms with Gasteiger partial charge in [-0.25, -0.2) is 8.78 Å². The summed E-state index contributed by atoms with van der Waals surface area (Å²) in [5.74, 6) is -1.33. The summed E-state index contributed by atoms with van der Waals surface area (Å²) in [4.78, 5) is 29.5. The molecule has 2 aliphatic rings. The first-order chi connectivity index (χ1) is 16.7. The van der Waals surface area contributed by atoms with Gasteiger partial charge in [-0.15, -0.1) is 0 Å². The summed E-state index contributed by atoms with van der Waals surface area (Å²) in [5, 5.41) is 3.02. The number of nitrogens with one attached hydrogen (secondary N) is 1. The molecular formula is C25H22ClF2N3O4. The Morgan fingerprint density at radius 3 is 2.83 bits per heavy atom. The van der Waals surface area contributed by atoms with Crippen molar-refractivity contribution in [3.05, 3.63) is 70.4 Å². The van der Waals surface area contributed by atoms with Crippen LogP contribution in [-0.2, 0) is 4.79 Å². The zero-order chi connectivity index (χ0) is 25.1. The SMILES string of the molecule is C=N/C=C(\C=C(/C)F)c1cc(Cl)ccc1OCC1CN(C(=O)c2cc3c(cc2F)OCC(=O)N3)C1. The van der Waals surface area contributed by atoms with Crippen molar-refractivity contribution in [2.24, 2.45) is 10.9 Å². The Balaban J connectivity index is 1.41. The van der Waals surface area contributed by atoms with E-state index < -0.39 is 17.6 Å². The van der Waals surface area contributed by atoms with Crippen LogP contribution in [0, 0.1) is 11.7 Å². The molecule has 2 amide bonds. The van der Waals surface area contributed by atoms with Gasteiger partial charge >= 0.3 is 0 Å². The molecule has 1 saturated heterocycles. The molecule has 35 heavy (non-hydrogen) atoms. The number of amides is 2. The van der Waals surface area contributed by atoms with Crippen LogP contribution in [0.25, 0.3) is 5.57 Å². The van der Waals surface area contributed by atoms with Crippen LogP contribution in [0.1, 0.15) is 22.8 Å². The van der Waals surface area contributed by atoms with Gasteiger partial charge in [-0.2, -0.15) is 0 Å². The van der Waals surface area contributed by atoms with Crippen molar-refractivity contribution in [3.63, 3.8) is 0 Å². The highest BCUT2D eigenvalue weighted by atomic mass is 35.5. The topological polar surface area (TPSA) is 80.2 Å². The second kappa shape index (κ2) is 10.3. The highest BCUT2D eigenvalue weighted by Crippen LogP contribution is 2.34. The average Bonchev–Trinajstić information content (AvgIpc) is 2.78. The lowest BCUT2D eigenvalue weighted by molar-refractivity contribution is -0.118. The molecule has 2 aromatic carbocycles. The average molecular weight is 502 g/mol. The molecule has 7 nitrogen and oxygen atoms in total. The van der Waals surface area contributed by atoms with Crippen molar-refractivity contribution in [1.29, 1.82) is 0 Å². The number of nitrogens with zero attached hydrogens (tertiary/aromatic N) is 2. The number of halogens is 3. The molecule has 0 unspecified atom stereocenters. The van der Waals surface area contributed by atoms with E-state index >= 15 is 0 Å². The third kappa shape index (κ3) is 5.51. The zero-order valence-electron chi connectivity index (χ0n) is 18.8. The monoisotopic (exact) mass is 501 g/mol. The number of hydrogen-bond donors (Lipinski definition) is 1. The molecule has 1 N–H and O–H groups in total. The molecule has 0 radical (unpaired) electrons. The number of benzene rings is 2. The largest absolute Gasteiger partial charge is 0.493 e. The van der Waals surface area contributed by atoms with Crippen LogP contribution in [0.15, 0.2) is 53.4 Å². The van der Waals surface area contributed by atoms with E-state index in [-0.39, 0.29) is 42.0 Å². The van der Waals surface area contributed by atoms with Crippen molar-refractivity contribution >= 4 is 41.4 Å². The fourth-order valence-corrected chi connectivity index (χ4v) is 4.01. The summed E-state index contributed by atoms with van der Waals surface area (Å²) in [6.07, 6.45) is 2.71. The van der Waals surface area contributed by atoms with E-state index in [1.165, 1.54) is 30.2 Å². The van der Waals surface area contributed by atoms with E-state index in [1.807, 2.05) is 0 Å². The van der Waals surface area contributed by atoms with Crippen molar-refractivity contribution in [1.82, 2.24) is 4.90 Å². The summed E-state index contributed by atoms with van der Waals surface area (Å²) in [5.41, 5.74) is 1.11. The molecule has 0 spiro atoms. The lowest BCUT2D eigenvalue weighted by Gasteiger charge is -2.39. The molecular weight excluding hydrogens is 480 g/mol. The first-order valence-corrected chi connectivity index (χ1v) is 11.1. The number of aliphatic imine (C=N–C) groups is 1. The fourth-order valence-electron chi connectivity index (χ4n) is 3.84. The Morgan fingerprint density at radius 1 is 1.34 bits per heavy atom. The molecule has 182 valence electrons. The number of fused-ring (bicyclic) bond motifs is 1. The summed E-state index contributed by atoms with van der Waals surface area (Å²) in [7, 11) is 0. The van der Waals surface area contributed by atoms with Gasteiger partial charge in [0.2, 0.25) is 0 Å². The predicted octanol–water partition coefficient (Wildman–Crippen LogP) is 4.88. The number of ether oxygens (including phenoxy) is 2. The molecule has 4 rings (SSSR count). The van der Waals surface area contributed by atoms with Crippen LogP contribution in [0.5, 0.6) is 11.5 Å². The van der Waals surface area contributed by atoms with Crippen LogP contribution < -0.4 is 14.8 Å². The van der Waals surface area contributed by atoms with Gasteiger partial charge in [0.15, 0.2) is 6.61 Å². The lowest BCUT2D eigenvalue weighted by atomic mass is 9.99. The maximum atomic E-state index is 14.5. The second-order valence-corrected chi connectivity index (χ2v) is 8.63. The summed E-state index contributed by atoms with van der Waals surface area (Å²) in [6, 6.07) is 7.36. The zero-order valence-corrected chi connectivity index (χ0v) is 19.6. The minimum Gasteiger partial charge on any atom is -0.493 e. The Bertz CT molecular complexity index is 1250. The number of carbonyl (C=O) groups is 2. The minimum atomic E-state index is -0.721. The van der Waals surface area contributed by atoms with Gasteiger partial charge in [0.25, 0.3) is 11.8 Å². The number of allylic oxidation sites excluding steroid dienone is 3. The van der Waals surface area contributed by atoms with E-state index in [9.17, 15) is 18.4 Å². The highest BCUT2D eigenvalue weighted by Gasteiger charge is 2.34. The smallest absolute Gasteiger partial charge is 0.262 e. The molecule has 10 heteroatoms. The third-order valence-electron chi connectivity index (χ3n) is 5.49. The molecule has 0 aliphatic carbocycles. The molecule has 2 aromatic rings. The van der Waals surface area contributed by atoms with Gasteiger partial charge in [0, 0.05) is 47.4 Å². The Kier molecular flexibility index (Phi) is 7.16. The molecule has 0 aromatic heterocycles. The normalized spacial score (nSPS) is 16.1. The van der Waals surface area contributed by atoms with Gasteiger partial charge < -0.3 is 19.7 Å². The van der Waals surface area contributed by atoms with Crippen LogP contribution in [0.3, 0.4) is 0 Å². The van der Waals surface area contributed by atoms with Crippen molar-refractivity contribution in [2.45, 2.75) is 6.92 Å². The Hall–Kier alpha value is -3.72. The van der Waals surface area contributed by atoms with E-state index in [2.05, 4.69) is 17.0 Å². The molecule has 2 heterocycles. The highest BCUT2D eigenvalue weighted by molar-refractivity contribution is 6.30. The molecule has 2 aliphatic heterocycles. The van der Waals surface area contributed by atoms with E-state index in [4.69, 9.17) is 21.1 Å². The van der Waals surface area contributed by atoms with Crippen LogP contribution in [0.2, 0.25) is 5.02 Å². The predicted molar refractivity (Wildman–Crippen MR) is 129 cm³/mol. The van der Waals surface area contributed by atoms with Gasteiger partial charge in [0.05, 0.1) is 23.7 Å². The minimum absolute atomic E-state index is 0.00890. The van der Waals surface area contributed by atoms with Gasteiger partial charge in [-0.1, -0.05) is 11.6 Å². The van der Waals surface area contributed by atoms with Crippen LogP contribution in [-0.4, -0.2) is 49.7 Å². The molecule has 1 fully saturated rings. The van der Waals surface area contributed by atoms with Gasteiger partial charge in [-0.3, -0.25) is 14.6 Å². The van der Waals surface area contributed by atoms with Crippen LogP contribution >= 0.6 is 11.6 Å². The molecule has 0 bridgehead atoms. The van der Waals surface area contributed by atoms with Gasteiger partial charge in [-0.05, 0) is 44.0 Å². The summed E-state index contributed by atoms with van der Waals surface area (Å²) >= 11 is 6.13. The van der Waals surface area contributed by atoms with Gasteiger partial charge in [0.1, 0.15) is 17.3 Å². The summed E-state index contributed by atoms with van der Waals surface area (Å²) in [6.45, 7) is 5.54. The number of carbonyl (C=O) groups excluding carboxylic acids is 2. The maximum Gasteiger partial charge on any atom is 0.262 e. The Labute approximate surface area is 205 Å². The lowest BCUT2D eigenvalue weighted by Crippen LogP contribution is -2.52. The number of hydrogen-bond acceptors (Lipinski definition) is 5. The third-order valence-corrected chi connectivity index (χ3v) is 5.72. The van der Waals surface area contributed by atoms with E-state index in [1.54, 1.807) is 18.2 Å². The number of anilines is 1. The van der Waals surface area contributed by atoms with Crippen molar-refractivity contribution < 1.29 is 27.8 Å². The second-order valence-electron chi connectivity index (χ2n) is 8.19. The van der Waals surface area contributed by atoms with Crippen LogP contribution in [0.4, 0.5) is 14.5 Å². The molecule has 0 atom stereocenters. The molecule has 0 saturated carbocycles. The quantitative estimate of drug-likeness (QED) is 0.433. The number of rotatable bonds is 7. The van der Waals surface area contributed by atoms with Crippen molar-refractivity contribution in [2.75, 3.05) is 31.6 Å². The van der Waals surface area contributed by atoms with Crippen molar-refractivity contribution in [3.8, 4) is 11.5 Å². The fraction of sp³-hybridized carbons (Fsp3) is 0.240. The Morgan fingerprint density at radius 2 is 2.11 bits per heavy atom. The van der Waals surface area contributed by atoms with E-state index in [0.717, 1.165) is 6.07 Å². The standard InChI is InChI=1S/C25H22ClF2N3O4/c1-14(27)5-16(9-29-2)18-6-17(26)3-4-22(18)34-12-15-10-31(11-15)25(33)19-7-21-23(8-20(19)28)35-13-24(32)30-21/h3-9,15H,2,10-13H2,1H3,(H,30,32)/b14-5+,16-9+.